The molecule has 1 heterocycles. The van der Waals surface area contributed by atoms with Crippen molar-refractivity contribution in [2.75, 3.05) is 0 Å². The first-order chi connectivity index (χ1) is 19.3. The van der Waals surface area contributed by atoms with Crippen LogP contribution < -0.4 is 10.2 Å². The molecule has 0 spiro atoms. The van der Waals surface area contributed by atoms with Gasteiger partial charge >= 0.3 is 5.97 Å². The fourth-order valence-corrected chi connectivity index (χ4v) is 5.70. The maximum absolute atomic E-state index is 13.5. The van der Waals surface area contributed by atoms with Gasteiger partial charge in [0.05, 0.1) is 5.41 Å². The number of carbonyl (C=O) groups excluding carboxylic acids is 2. The minimum Gasteiger partial charge on any atom is -0.507 e. The molecule has 1 aromatic heterocycles. The molecule has 0 saturated heterocycles. The summed E-state index contributed by atoms with van der Waals surface area (Å²) in [5.41, 5.74) is 0.573. The number of allylic oxidation sites excluding steroid dienone is 1. The van der Waals surface area contributed by atoms with Gasteiger partial charge in [-0.15, -0.1) is 0 Å². The summed E-state index contributed by atoms with van der Waals surface area (Å²) < 4.78 is 12.2. The Morgan fingerprint density at radius 1 is 0.900 bits per heavy atom. The SMILES string of the molecule is CCC1=C(O)c2c(oc(-c3ccc(OC(=O)CCc4ccccc4)c4ccccc34)cc2=O)C(CC)(CC)C1=O. The highest BCUT2D eigenvalue weighted by Gasteiger charge is 2.48. The summed E-state index contributed by atoms with van der Waals surface area (Å²) in [5, 5.41) is 12.3. The van der Waals surface area contributed by atoms with Crippen LogP contribution in [0.3, 0.4) is 0 Å². The van der Waals surface area contributed by atoms with Gasteiger partial charge in [-0.1, -0.05) is 75.4 Å². The van der Waals surface area contributed by atoms with Gasteiger partial charge in [-0.3, -0.25) is 14.4 Å². The third-order valence-electron chi connectivity index (χ3n) is 8.01. The fraction of sp³-hybridized carbons (Fsp3) is 0.265. The van der Waals surface area contributed by atoms with Crippen molar-refractivity contribution in [3.8, 4) is 17.1 Å². The van der Waals surface area contributed by atoms with E-state index in [0.29, 0.717) is 42.4 Å². The monoisotopic (exact) mass is 536 g/mol. The van der Waals surface area contributed by atoms with E-state index in [1.54, 1.807) is 19.1 Å². The number of ketones is 1. The second-order valence-electron chi connectivity index (χ2n) is 10.1. The largest absolute Gasteiger partial charge is 0.507 e. The van der Waals surface area contributed by atoms with Crippen LogP contribution in [0.1, 0.15) is 63.3 Å². The highest BCUT2D eigenvalue weighted by Crippen LogP contribution is 2.45. The van der Waals surface area contributed by atoms with Crippen LogP contribution in [0.2, 0.25) is 0 Å². The number of carbonyl (C=O) groups is 2. The standard InChI is InChI=1S/C34H32O6/c1-4-22-31(37)30-26(35)20-28(40-33(30)34(5-2,6-3)32(22)38)25-17-18-27(24-15-11-10-14-23(24)25)39-29(36)19-16-21-12-8-7-9-13-21/h7-15,17-18,20,37H,4-6,16,19H2,1-3H3. The smallest absolute Gasteiger partial charge is 0.311 e. The maximum atomic E-state index is 13.5. The first-order valence-corrected chi connectivity index (χ1v) is 13.8. The molecule has 204 valence electrons. The van der Waals surface area contributed by atoms with Crippen LogP contribution in [-0.2, 0) is 21.4 Å². The van der Waals surface area contributed by atoms with Crippen molar-refractivity contribution in [2.24, 2.45) is 0 Å². The number of aryl methyl sites for hydroxylation is 1. The van der Waals surface area contributed by atoms with E-state index in [9.17, 15) is 19.5 Å². The minimum absolute atomic E-state index is 0.0668. The predicted molar refractivity (Wildman–Crippen MR) is 155 cm³/mol. The van der Waals surface area contributed by atoms with Crippen molar-refractivity contribution < 1.29 is 23.8 Å². The average Bonchev–Trinajstić information content (AvgIpc) is 2.97. The number of ether oxygens (including phenoxy) is 1. The first-order valence-electron chi connectivity index (χ1n) is 13.8. The molecule has 0 amide bonds. The molecule has 0 atom stereocenters. The number of hydrogen-bond donors (Lipinski definition) is 1. The van der Waals surface area contributed by atoms with E-state index in [2.05, 4.69) is 0 Å². The number of esters is 1. The summed E-state index contributed by atoms with van der Waals surface area (Å²) in [4.78, 5) is 39.7. The quantitative estimate of drug-likeness (QED) is 0.187. The van der Waals surface area contributed by atoms with E-state index in [1.807, 2.05) is 68.4 Å². The molecule has 0 unspecified atom stereocenters. The van der Waals surface area contributed by atoms with Crippen LogP contribution >= 0.6 is 0 Å². The molecule has 0 fully saturated rings. The Balaban J connectivity index is 1.57. The van der Waals surface area contributed by atoms with Gasteiger partial charge in [-0.25, -0.2) is 0 Å². The van der Waals surface area contributed by atoms with Gasteiger partial charge in [-0.2, -0.15) is 0 Å². The van der Waals surface area contributed by atoms with E-state index in [0.717, 1.165) is 10.9 Å². The predicted octanol–water partition coefficient (Wildman–Crippen LogP) is 7.32. The van der Waals surface area contributed by atoms with Crippen molar-refractivity contribution >= 4 is 28.3 Å². The molecule has 1 aliphatic rings. The number of benzene rings is 3. The number of hydrogen-bond acceptors (Lipinski definition) is 6. The summed E-state index contributed by atoms with van der Waals surface area (Å²) in [6.07, 6.45) is 1.99. The van der Waals surface area contributed by atoms with Gasteiger partial charge in [0, 0.05) is 29.0 Å². The highest BCUT2D eigenvalue weighted by molar-refractivity contribution is 6.10. The highest BCUT2D eigenvalue weighted by atomic mass is 16.5. The summed E-state index contributed by atoms with van der Waals surface area (Å²) >= 11 is 0. The number of aliphatic hydroxyl groups excluding tert-OH is 1. The lowest BCUT2D eigenvalue weighted by Gasteiger charge is -2.35. The normalized spacial score (nSPS) is 14.3. The molecule has 0 saturated carbocycles. The lowest BCUT2D eigenvalue weighted by atomic mass is 9.68. The van der Waals surface area contributed by atoms with Crippen LogP contribution in [0.4, 0.5) is 0 Å². The van der Waals surface area contributed by atoms with Crippen LogP contribution in [0.15, 0.2) is 87.6 Å². The lowest BCUT2D eigenvalue weighted by Crippen LogP contribution is -2.41. The molecule has 0 bridgehead atoms. The van der Waals surface area contributed by atoms with E-state index in [-0.39, 0.29) is 46.6 Å². The Morgan fingerprint density at radius 3 is 2.25 bits per heavy atom. The van der Waals surface area contributed by atoms with E-state index in [4.69, 9.17) is 9.15 Å². The molecule has 1 N–H and O–H groups in total. The third kappa shape index (κ3) is 4.53. The molecular formula is C34H32O6. The number of aliphatic hydroxyl groups is 1. The topological polar surface area (TPSA) is 93.8 Å². The van der Waals surface area contributed by atoms with E-state index in [1.165, 1.54) is 6.07 Å². The van der Waals surface area contributed by atoms with Crippen molar-refractivity contribution in [3.63, 3.8) is 0 Å². The van der Waals surface area contributed by atoms with Crippen molar-refractivity contribution in [1.82, 2.24) is 0 Å². The zero-order valence-electron chi connectivity index (χ0n) is 23.0. The molecule has 1 aliphatic carbocycles. The van der Waals surface area contributed by atoms with Gasteiger partial charge in [0.25, 0.3) is 0 Å². The van der Waals surface area contributed by atoms with E-state index >= 15 is 0 Å². The first kappa shape index (κ1) is 27.1. The Hall–Kier alpha value is -4.45. The Morgan fingerprint density at radius 2 is 1.57 bits per heavy atom. The number of Topliss-reactive ketones (excluding diaryl/α,β-unsaturated/α-hetero) is 1. The van der Waals surface area contributed by atoms with Crippen LogP contribution in [0.5, 0.6) is 5.75 Å². The molecule has 6 heteroatoms. The second-order valence-corrected chi connectivity index (χ2v) is 10.1. The lowest BCUT2D eigenvalue weighted by molar-refractivity contribution is -0.134. The molecule has 0 radical (unpaired) electrons. The fourth-order valence-electron chi connectivity index (χ4n) is 5.70. The van der Waals surface area contributed by atoms with Gasteiger partial charge in [0.1, 0.15) is 28.6 Å². The van der Waals surface area contributed by atoms with Gasteiger partial charge in [0.15, 0.2) is 11.2 Å². The molecule has 5 rings (SSSR count). The van der Waals surface area contributed by atoms with Crippen LogP contribution in [0, 0.1) is 0 Å². The zero-order valence-corrected chi connectivity index (χ0v) is 23.0. The third-order valence-corrected chi connectivity index (χ3v) is 8.01. The molecule has 40 heavy (non-hydrogen) atoms. The zero-order chi connectivity index (χ0) is 28.4. The Bertz CT molecular complexity index is 1690. The number of rotatable bonds is 8. The molecule has 0 aliphatic heterocycles. The summed E-state index contributed by atoms with van der Waals surface area (Å²) in [6, 6.07) is 22.0. The molecule has 3 aromatic carbocycles. The molecule has 4 aromatic rings. The Kier molecular flexibility index (Phi) is 7.44. The summed E-state index contributed by atoms with van der Waals surface area (Å²) in [7, 11) is 0. The van der Waals surface area contributed by atoms with Gasteiger partial charge < -0.3 is 14.3 Å². The van der Waals surface area contributed by atoms with Gasteiger partial charge in [-0.05, 0) is 48.8 Å². The summed E-state index contributed by atoms with van der Waals surface area (Å²) in [5.74, 6) is 0.0764. The molecule has 6 nitrogen and oxygen atoms in total. The van der Waals surface area contributed by atoms with Crippen molar-refractivity contribution in [2.45, 2.75) is 58.3 Å². The van der Waals surface area contributed by atoms with Crippen molar-refractivity contribution in [3.05, 3.63) is 105 Å². The van der Waals surface area contributed by atoms with Gasteiger partial charge in [0.2, 0.25) is 0 Å². The number of fused-ring (bicyclic) bond motifs is 2. The molecular weight excluding hydrogens is 504 g/mol. The second kappa shape index (κ2) is 11.0. The minimum atomic E-state index is -1.04. The van der Waals surface area contributed by atoms with Crippen LogP contribution in [0.25, 0.3) is 27.9 Å². The maximum Gasteiger partial charge on any atom is 0.311 e. The average molecular weight is 537 g/mol. The van der Waals surface area contributed by atoms with Crippen molar-refractivity contribution in [1.29, 1.82) is 0 Å². The van der Waals surface area contributed by atoms with E-state index < -0.39 is 10.8 Å². The summed E-state index contributed by atoms with van der Waals surface area (Å²) in [6.45, 7) is 5.58. The van der Waals surface area contributed by atoms with Crippen LogP contribution in [-0.4, -0.2) is 16.9 Å². The Labute approximate surface area is 232 Å².